The van der Waals surface area contributed by atoms with Crippen LogP contribution in [0, 0.1) is 11.7 Å². The standard InChI is InChI=1S/C17H27FN2/c1-3-20(12-15-7-4-8-16(18)10-15)17(13-19)9-5-6-14(2)11-17/h4,7-8,10,14H,3,5-6,9,11-13,19H2,1-2H3. The van der Waals surface area contributed by atoms with Gasteiger partial charge in [0, 0.05) is 18.6 Å². The minimum absolute atomic E-state index is 0.0960. The van der Waals surface area contributed by atoms with Crippen molar-refractivity contribution in [2.24, 2.45) is 11.7 Å². The maximum atomic E-state index is 13.4. The zero-order valence-electron chi connectivity index (χ0n) is 12.7. The number of hydrogen-bond acceptors (Lipinski definition) is 2. The van der Waals surface area contributed by atoms with Gasteiger partial charge < -0.3 is 5.73 Å². The monoisotopic (exact) mass is 278 g/mol. The molecule has 1 aliphatic carbocycles. The molecular weight excluding hydrogens is 251 g/mol. The van der Waals surface area contributed by atoms with Crippen molar-refractivity contribution in [3.05, 3.63) is 35.6 Å². The van der Waals surface area contributed by atoms with Crippen LogP contribution in [-0.2, 0) is 6.54 Å². The number of benzene rings is 1. The molecule has 0 heterocycles. The highest BCUT2D eigenvalue weighted by Crippen LogP contribution is 2.37. The van der Waals surface area contributed by atoms with E-state index in [2.05, 4.69) is 18.7 Å². The van der Waals surface area contributed by atoms with Gasteiger partial charge in [-0.2, -0.15) is 0 Å². The number of nitrogens with zero attached hydrogens (tertiary/aromatic N) is 1. The van der Waals surface area contributed by atoms with Crippen LogP contribution in [0.2, 0.25) is 0 Å². The van der Waals surface area contributed by atoms with Crippen molar-refractivity contribution in [2.75, 3.05) is 13.1 Å². The van der Waals surface area contributed by atoms with E-state index in [0.717, 1.165) is 37.4 Å². The average Bonchev–Trinajstić information content (AvgIpc) is 2.44. The van der Waals surface area contributed by atoms with E-state index in [4.69, 9.17) is 5.73 Å². The topological polar surface area (TPSA) is 29.3 Å². The summed E-state index contributed by atoms with van der Waals surface area (Å²) in [7, 11) is 0. The Morgan fingerprint density at radius 1 is 1.45 bits per heavy atom. The maximum absolute atomic E-state index is 13.4. The SMILES string of the molecule is CCN(Cc1cccc(F)c1)C1(CN)CCCC(C)C1. The lowest BCUT2D eigenvalue weighted by Crippen LogP contribution is -2.55. The minimum Gasteiger partial charge on any atom is -0.329 e. The van der Waals surface area contributed by atoms with Crippen LogP contribution < -0.4 is 5.73 Å². The molecule has 0 amide bonds. The average molecular weight is 278 g/mol. The third-order valence-corrected chi connectivity index (χ3v) is 4.76. The van der Waals surface area contributed by atoms with Gasteiger partial charge >= 0.3 is 0 Å². The van der Waals surface area contributed by atoms with E-state index in [0.29, 0.717) is 6.54 Å². The lowest BCUT2D eigenvalue weighted by molar-refractivity contribution is 0.0366. The number of nitrogens with two attached hydrogens (primary N) is 1. The summed E-state index contributed by atoms with van der Waals surface area (Å²) >= 11 is 0. The van der Waals surface area contributed by atoms with Gasteiger partial charge in [-0.25, -0.2) is 4.39 Å². The first-order valence-corrected chi connectivity index (χ1v) is 7.79. The molecule has 2 unspecified atom stereocenters. The van der Waals surface area contributed by atoms with Crippen molar-refractivity contribution in [3.63, 3.8) is 0 Å². The van der Waals surface area contributed by atoms with Gasteiger partial charge in [0.15, 0.2) is 0 Å². The Bertz CT molecular complexity index is 435. The zero-order valence-corrected chi connectivity index (χ0v) is 12.7. The summed E-state index contributed by atoms with van der Waals surface area (Å²) in [5, 5.41) is 0. The summed E-state index contributed by atoms with van der Waals surface area (Å²) in [6.07, 6.45) is 4.88. The minimum atomic E-state index is -0.155. The van der Waals surface area contributed by atoms with Gasteiger partial charge in [-0.05, 0) is 43.0 Å². The van der Waals surface area contributed by atoms with Crippen molar-refractivity contribution in [3.8, 4) is 0 Å². The second-order valence-electron chi connectivity index (χ2n) is 6.27. The van der Waals surface area contributed by atoms with E-state index >= 15 is 0 Å². The van der Waals surface area contributed by atoms with Gasteiger partial charge in [0.25, 0.3) is 0 Å². The molecule has 0 saturated heterocycles. The number of rotatable bonds is 5. The van der Waals surface area contributed by atoms with Crippen molar-refractivity contribution < 1.29 is 4.39 Å². The molecule has 0 radical (unpaired) electrons. The van der Waals surface area contributed by atoms with Crippen LogP contribution in [0.15, 0.2) is 24.3 Å². The quantitative estimate of drug-likeness (QED) is 0.892. The van der Waals surface area contributed by atoms with E-state index in [1.165, 1.54) is 18.9 Å². The molecule has 0 aliphatic heterocycles. The third kappa shape index (κ3) is 3.39. The molecule has 1 aromatic carbocycles. The molecule has 1 aliphatic rings. The molecule has 20 heavy (non-hydrogen) atoms. The van der Waals surface area contributed by atoms with Crippen molar-refractivity contribution >= 4 is 0 Å². The van der Waals surface area contributed by atoms with Crippen molar-refractivity contribution in [2.45, 2.75) is 51.6 Å². The van der Waals surface area contributed by atoms with Gasteiger partial charge in [-0.1, -0.05) is 38.8 Å². The van der Waals surface area contributed by atoms with Gasteiger partial charge in [0.05, 0.1) is 0 Å². The van der Waals surface area contributed by atoms with Crippen LogP contribution in [0.1, 0.15) is 45.1 Å². The summed E-state index contributed by atoms with van der Waals surface area (Å²) < 4.78 is 13.4. The van der Waals surface area contributed by atoms with Gasteiger partial charge in [0.2, 0.25) is 0 Å². The molecule has 0 spiro atoms. The van der Waals surface area contributed by atoms with E-state index in [9.17, 15) is 4.39 Å². The Hall–Kier alpha value is -0.930. The molecule has 0 bridgehead atoms. The molecule has 112 valence electrons. The number of likely N-dealkylation sites (N-methyl/N-ethyl adjacent to an activating group) is 1. The maximum Gasteiger partial charge on any atom is 0.123 e. The highest BCUT2D eigenvalue weighted by Gasteiger charge is 2.38. The van der Waals surface area contributed by atoms with Crippen LogP contribution in [-0.4, -0.2) is 23.5 Å². The largest absolute Gasteiger partial charge is 0.329 e. The van der Waals surface area contributed by atoms with Crippen LogP contribution in [0.4, 0.5) is 4.39 Å². The first kappa shape index (κ1) is 15.5. The van der Waals surface area contributed by atoms with E-state index in [1.54, 1.807) is 12.1 Å². The first-order valence-electron chi connectivity index (χ1n) is 7.79. The van der Waals surface area contributed by atoms with Gasteiger partial charge in [-0.15, -0.1) is 0 Å². The summed E-state index contributed by atoms with van der Waals surface area (Å²) in [5.41, 5.74) is 7.28. The molecular formula is C17H27FN2. The summed E-state index contributed by atoms with van der Waals surface area (Å²) in [5.74, 6) is 0.575. The third-order valence-electron chi connectivity index (χ3n) is 4.76. The molecule has 0 aromatic heterocycles. The summed E-state index contributed by atoms with van der Waals surface area (Å²) in [6.45, 7) is 6.94. The Morgan fingerprint density at radius 2 is 2.25 bits per heavy atom. The fourth-order valence-electron chi connectivity index (χ4n) is 3.70. The van der Waals surface area contributed by atoms with Crippen LogP contribution in [0.5, 0.6) is 0 Å². The van der Waals surface area contributed by atoms with Gasteiger partial charge in [0.1, 0.15) is 5.82 Å². The van der Waals surface area contributed by atoms with Crippen LogP contribution >= 0.6 is 0 Å². The normalized spacial score (nSPS) is 26.9. The predicted octanol–water partition coefficient (Wildman–Crippen LogP) is 3.56. The van der Waals surface area contributed by atoms with Gasteiger partial charge in [-0.3, -0.25) is 4.90 Å². The highest BCUT2D eigenvalue weighted by atomic mass is 19.1. The Morgan fingerprint density at radius 3 is 2.85 bits per heavy atom. The highest BCUT2D eigenvalue weighted by molar-refractivity contribution is 5.17. The second-order valence-corrected chi connectivity index (χ2v) is 6.27. The predicted molar refractivity (Wildman–Crippen MR) is 81.9 cm³/mol. The summed E-state index contributed by atoms with van der Waals surface area (Å²) in [4.78, 5) is 2.46. The number of hydrogen-bond donors (Lipinski definition) is 1. The first-order chi connectivity index (χ1) is 9.59. The molecule has 2 atom stereocenters. The van der Waals surface area contributed by atoms with Crippen molar-refractivity contribution in [1.29, 1.82) is 0 Å². The zero-order chi connectivity index (χ0) is 14.6. The van der Waals surface area contributed by atoms with E-state index in [1.807, 2.05) is 6.07 Å². The van der Waals surface area contributed by atoms with Crippen LogP contribution in [0.25, 0.3) is 0 Å². The molecule has 2 nitrogen and oxygen atoms in total. The molecule has 2 N–H and O–H groups in total. The Kier molecular flexibility index (Phi) is 5.17. The van der Waals surface area contributed by atoms with Crippen LogP contribution in [0.3, 0.4) is 0 Å². The Balaban J connectivity index is 2.17. The van der Waals surface area contributed by atoms with E-state index in [-0.39, 0.29) is 11.4 Å². The lowest BCUT2D eigenvalue weighted by Gasteiger charge is -2.47. The molecule has 3 heteroatoms. The van der Waals surface area contributed by atoms with Crippen molar-refractivity contribution in [1.82, 2.24) is 4.90 Å². The molecule has 1 saturated carbocycles. The van der Waals surface area contributed by atoms with E-state index < -0.39 is 0 Å². The molecule has 1 aromatic rings. The summed E-state index contributed by atoms with van der Waals surface area (Å²) in [6, 6.07) is 6.93. The molecule has 1 fully saturated rings. The number of halogens is 1. The fourth-order valence-corrected chi connectivity index (χ4v) is 3.70. The lowest BCUT2D eigenvalue weighted by atomic mass is 9.75. The Labute approximate surface area is 122 Å². The smallest absolute Gasteiger partial charge is 0.123 e. The molecule has 2 rings (SSSR count). The second kappa shape index (κ2) is 6.68. The fraction of sp³-hybridized carbons (Fsp3) is 0.647.